The van der Waals surface area contributed by atoms with Gasteiger partial charge in [-0.1, -0.05) is 20.8 Å². The van der Waals surface area contributed by atoms with Gasteiger partial charge in [0.1, 0.15) is 5.82 Å². The molecule has 1 aromatic heterocycles. The van der Waals surface area contributed by atoms with E-state index < -0.39 is 0 Å². The zero-order chi connectivity index (χ0) is 14.3. The van der Waals surface area contributed by atoms with E-state index >= 15 is 0 Å². The predicted octanol–water partition coefficient (Wildman–Crippen LogP) is 2.63. The van der Waals surface area contributed by atoms with Crippen LogP contribution in [0.1, 0.15) is 45.9 Å². The number of nitrogens with one attached hydrogen (secondary N) is 1. The third-order valence-electron chi connectivity index (χ3n) is 4.24. The second kappa shape index (κ2) is 7.65. The van der Waals surface area contributed by atoms with E-state index in [1.54, 1.807) is 0 Å². The summed E-state index contributed by atoms with van der Waals surface area (Å²) >= 11 is 0. The zero-order valence-electron chi connectivity index (χ0n) is 13.1. The monoisotopic (exact) mass is 267 g/mol. The van der Waals surface area contributed by atoms with Gasteiger partial charge in [0.05, 0.1) is 5.60 Å². The van der Waals surface area contributed by atoms with Gasteiger partial charge in [0.25, 0.3) is 0 Å². The topological polar surface area (TPSA) is 39.1 Å². The number of imidazole rings is 1. The third-order valence-corrected chi connectivity index (χ3v) is 4.24. The van der Waals surface area contributed by atoms with Gasteiger partial charge in [-0.15, -0.1) is 0 Å². The van der Waals surface area contributed by atoms with E-state index in [1.165, 1.54) is 0 Å². The smallest absolute Gasteiger partial charge is 0.110 e. The largest absolute Gasteiger partial charge is 0.377 e. The number of methoxy groups -OCH3 is 1. The Morgan fingerprint density at radius 2 is 2.05 bits per heavy atom. The lowest BCUT2D eigenvalue weighted by molar-refractivity contribution is -0.0460. The maximum absolute atomic E-state index is 5.84. The van der Waals surface area contributed by atoms with Crippen LogP contribution in [0.15, 0.2) is 12.4 Å². The van der Waals surface area contributed by atoms with E-state index in [0.717, 1.165) is 38.1 Å². The van der Waals surface area contributed by atoms with Gasteiger partial charge in [0.15, 0.2) is 0 Å². The first kappa shape index (κ1) is 16.2. The van der Waals surface area contributed by atoms with E-state index in [4.69, 9.17) is 4.74 Å². The Morgan fingerprint density at radius 1 is 1.37 bits per heavy atom. The minimum Gasteiger partial charge on any atom is -0.377 e. The molecule has 1 N–H and O–H groups in total. The summed E-state index contributed by atoms with van der Waals surface area (Å²) in [5.74, 6) is 1.14. The Kier molecular flexibility index (Phi) is 6.52. The molecule has 1 heterocycles. The lowest BCUT2D eigenvalue weighted by Gasteiger charge is -2.38. The molecule has 0 fully saturated rings. The molecule has 4 heteroatoms. The van der Waals surface area contributed by atoms with Crippen LogP contribution in [0.4, 0.5) is 0 Å². The standard InChI is InChI=1S/C15H29N3O/c1-6-10-18-11-9-17-14(18)12-13(16-4)15(7-2,8-3)19-5/h9,11,13,16H,6-8,10,12H2,1-5H3. The molecule has 0 radical (unpaired) electrons. The molecule has 0 spiro atoms. The van der Waals surface area contributed by atoms with Crippen LogP contribution in [-0.4, -0.2) is 35.4 Å². The van der Waals surface area contributed by atoms with Crippen LogP contribution in [0.3, 0.4) is 0 Å². The number of ether oxygens (including phenoxy) is 1. The van der Waals surface area contributed by atoms with Gasteiger partial charge in [-0.05, 0) is 26.3 Å². The van der Waals surface area contributed by atoms with Crippen LogP contribution in [0.2, 0.25) is 0 Å². The predicted molar refractivity (Wildman–Crippen MR) is 79.4 cm³/mol. The molecule has 1 rings (SSSR count). The van der Waals surface area contributed by atoms with Crippen molar-refractivity contribution in [2.75, 3.05) is 14.2 Å². The Hall–Kier alpha value is -0.870. The molecule has 0 aromatic carbocycles. The number of hydrogen-bond donors (Lipinski definition) is 1. The summed E-state index contributed by atoms with van der Waals surface area (Å²) < 4.78 is 8.08. The Labute approximate surface area is 117 Å². The van der Waals surface area contributed by atoms with Crippen LogP contribution >= 0.6 is 0 Å². The molecular weight excluding hydrogens is 238 g/mol. The lowest BCUT2D eigenvalue weighted by atomic mass is 9.86. The molecule has 1 aromatic rings. The molecule has 0 amide bonds. The Morgan fingerprint density at radius 3 is 2.53 bits per heavy atom. The highest BCUT2D eigenvalue weighted by Gasteiger charge is 2.35. The molecule has 0 aliphatic carbocycles. The molecule has 0 saturated heterocycles. The highest BCUT2D eigenvalue weighted by molar-refractivity contribution is 5.01. The minimum atomic E-state index is -0.113. The first-order valence-corrected chi connectivity index (χ1v) is 7.39. The molecule has 110 valence electrons. The summed E-state index contributed by atoms with van der Waals surface area (Å²) in [6, 6.07) is 0.283. The number of likely N-dealkylation sites (N-methyl/N-ethyl adjacent to an activating group) is 1. The fraction of sp³-hybridized carbons (Fsp3) is 0.800. The van der Waals surface area contributed by atoms with Crippen LogP contribution in [0.5, 0.6) is 0 Å². The number of hydrogen-bond acceptors (Lipinski definition) is 3. The van der Waals surface area contributed by atoms with Gasteiger partial charge in [-0.3, -0.25) is 0 Å². The molecular formula is C15H29N3O. The van der Waals surface area contributed by atoms with E-state index in [0.29, 0.717) is 0 Å². The summed E-state index contributed by atoms with van der Waals surface area (Å²) in [4.78, 5) is 4.51. The number of nitrogens with zero attached hydrogens (tertiary/aromatic N) is 2. The first-order chi connectivity index (χ1) is 9.17. The van der Waals surface area contributed by atoms with E-state index in [2.05, 4.69) is 41.8 Å². The second-order valence-corrected chi connectivity index (χ2v) is 5.06. The SMILES string of the molecule is CCCn1ccnc1CC(NC)C(CC)(CC)OC. The first-order valence-electron chi connectivity index (χ1n) is 7.39. The number of aromatic nitrogens is 2. The van der Waals surface area contributed by atoms with Gasteiger partial charge >= 0.3 is 0 Å². The molecule has 19 heavy (non-hydrogen) atoms. The maximum atomic E-state index is 5.84. The van der Waals surface area contributed by atoms with E-state index in [1.807, 2.05) is 20.4 Å². The molecule has 0 aliphatic heterocycles. The Bertz CT molecular complexity index is 350. The van der Waals surface area contributed by atoms with Crippen LogP contribution in [0.25, 0.3) is 0 Å². The van der Waals surface area contributed by atoms with E-state index in [9.17, 15) is 0 Å². The summed E-state index contributed by atoms with van der Waals surface area (Å²) in [5.41, 5.74) is -0.113. The highest BCUT2D eigenvalue weighted by Crippen LogP contribution is 2.26. The molecule has 0 bridgehead atoms. The Balaban J connectivity index is 2.89. The van der Waals surface area contributed by atoms with Gasteiger partial charge in [0, 0.05) is 38.5 Å². The quantitative estimate of drug-likeness (QED) is 0.747. The van der Waals surface area contributed by atoms with Crippen molar-refractivity contribution in [2.24, 2.45) is 0 Å². The molecule has 1 atom stereocenters. The minimum absolute atomic E-state index is 0.113. The van der Waals surface area contributed by atoms with Crippen molar-refractivity contribution in [3.63, 3.8) is 0 Å². The van der Waals surface area contributed by atoms with Crippen LogP contribution in [0, 0.1) is 0 Å². The van der Waals surface area contributed by atoms with Gasteiger partial charge in [0.2, 0.25) is 0 Å². The summed E-state index contributed by atoms with van der Waals surface area (Å²) in [5, 5.41) is 3.43. The van der Waals surface area contributed by atoms with Crippen molar-refractivity contribution in [1.29, 1.82) is 0 Å². The molecule has 0 aliphatic rings. The summed E-state index contributed by atoms with van der Waals surface area (Å²) in [7, 11) is 3.83. The van der Waals surface area contributed by atoms with Crippen LogP contribution in [-0.2, 0) is 17.7 Å². The number of rotatable bonds is 9. The van der Waals surface area contributed by atoms with Gasteiger partial charge in [-0.25, -0.2) is 4.98 Å². The highest BCUT2D eigenvalue weighted by atomic mass is 16.5. The second-order valence-electron chi connectivity index (χ2n) is 5.06. The normalized spacial score (nSPS) is 13.7. The van der Waals surface area contributed by atoms with E-state index in [-0.39, 0.29) is 11.6 Å². The van der Waals surface area contributed by atoms with Crippen molar-refractivity contribution in [3.8, 4) is 0 Å². The number of aryl methyl sites for hydroxylation is 1. The van der Waals surface area contributed by atoms with Crippen LogP contribution < -0.4 is 5.32 Å². The fourth-order valence-corrected chi connectivity index (χ4v) is 2.88. The molecule has 0 saturated carbocycles. The van der Waals surface area contributed by atoms with Gasteiger partial charge in [-0.2, -0.15) is 0 Å². The average Bonchev–Trinajstić information content (AvgIpc) is 2.87. The van der Waals surface area contributed by atoms with Crippen molar-refractivity contribution >= 4 is 0 Å². The van der Waals surface area contributed by atoms with Crippen molar-refractivity contribution in [3.05, 3.63) is 18.2 Å². The zero-order valence-corrected chi connectivity index (χ0v) is 13.1. The summed E-state index contributed by atoms with van der Waals surface area (Å²) in [6.45, 7) is 7.60. The summed E-state index contributed by atoms with van der Waals surface area (Å²) in [6.07, 6.45) is 7.99. The molecule has 4 nitrogen and oxygen atoms in total. The van der Waals surface area contributed by atoms with Gasteiger partial charge < -0.3 is 14.6 Å². The average molecular weight is 267 g/mol. The molecule has 1 unspecified atom stereocenters. The fourth-order valence-electron chi connectivity index (χ4n) is 2.88. The van der Waals surface area contributed by atoms with Crippen molar-refractivity contribution in [2.45, 2.75) is 64.6 Å². The van der Waals surface area contributed by atoms with Crippen molar-refractivity contribution in [1.82, 2.24) is 14.9 Å². The van der Waals surface area contributed by atoms with Crippen molar-refractivity contribution < 1.29 is 4.74 Å². The maximum Gasteiger partial charge on any atom is 0.110 e. The lowest BCUT2D eigenvalue weighted by Crippen LogP contribution is -2.51. The third kappa shape index (κ3) is 3.57.